The molecule has 0 aliphatic rings. The minimum absolute atomic E-state index is 0.0597. The van der Waals surface area contributed by atoms with E-state index in [1.165, 1.54) is 41.3 Å². The van der Waals surface area contributed by atoms with Crippen LogP contribution in [0, 0.1) is 0 Å². The smallest absolute Gasteiger partial charge is 0.353 e. The van der Waals surface area contributed by atoms with Crippen molar-refractivity contribution in [2.45, 2.75) is 0 Å². The molecule has 2 N–H and O–H groups in total. The molecule has 8 nitrogen and oxygen atoms in total. The van der Waals surface area contributed by atoms with Gasteiger partial charge in [-0.15, -0.1) is 11.3 Å². The van der Waals surface area contributed by atoms with E-state index >= 15 is 0 Å². The maximum Gasteiger partial charge on any atom is 0.353 e. The lowest BCUT2D eigenvalue weighted by Gasteiger charge is -2.09. The number of hydrogen-bond acceptors (Lipinski definition) is 6. The summed E-state index contributed by atoms with van der Waals surface area (Å²) in [6.07, 6.45) is 1.60. The molecule has 0 radical (unpaired) electrons. The molecule has 0 fully saturated rings. The summed E-state index contributed by atoms with van der Waals surface area (Å²) in [7, 11) is 1.44. The van der Waals surface area contributed by atoms with Crippen molar-refractivity contribution in [3.63, 3.8) is 0 Å². The van der Waals surface area contributed by atoms with Crippen molar-refractivity contribution in [2.75, 3.05) is 7.11 Å². The number of methoxy groups -OCH3 is 1. The number of rotatable bonds is 6. The number of aromatic nitrogens is 2. The van der Waals surface area contributed by atoms with Crippen LogP contribution in [-0.2, 0) is 0 Å². The average Bonchev–Trinajstić information content (AvgIpc) is 3.45. The van der Waals surface area contributed by atoms with Gasteiger partial charge in [-0.25, -0.2) is 14.3 Å². The van der Waals surface area contributed by atoms with Crippen LogP contribution in [0.15, 0.2) is 58.7 Å². The lowest BCUT2D eigenvalue weighted by molar-refractivity contribution is 0.0694. The fourth-order valence-corrected chi connectivity index (χ4v) is 4.01. The Hall–Kier alpha value is -4.08. The monoisotopic (exact) mass is 496 g/mol. The van der Waals surface area contributed by atoms with E-state index in [-0.39, 0.29) is 21.6 Å². The van der Waals surface area contributed by atoms with Gasteiger partial charge in [0.05, 0.1) is 34.0 Å². The van der Waals surface area contributed by atoms with Crippen LogP contribution in [0.25, 0.3) is 18.3 Å². The van der Waals surface area contributed by atoms with Crippen LogP contribution >= 0.6 is 22.9 Å². The topological polar surface area (TPSA) is 111 Å². The Balaban J connectivity index is 1.71. The summed E-state index contributed by atoms with van der Waals surface area (Å²) in [5.41, 5.74) is 0.332. The third kappa shape index (κ3) is 4.52. The lowest BCUT2D eigenvalue weighted by atomic mass is 10.1. The van der Waals surface area contributed by atoms with E-state index in [1.807, 2.05) is 0 Å². The Morgan fingerprint density at radius 1 is 1.18 bits per heavy atom. The van der Waals surface area contributed by atoms with E-state index in [2.05, 4.69) is 11.7 Å². The predicted molar refractivity (Wildman–Crippen MR) is 129 cm³/mol. The molecule has 0 unspecified atom stereocenters. The van der Waals surface area contributed by atoms with Gasteiger partial charge in [0, 0.05) is 0 Å². The van der Waals surface area contributed by atoms with Crippen LogP contribution in [0.3, 0.4) is 0 Å². The van der Waals surface area contributed by atoms with Gasteiger partial charge in [0.25, 0.3) is 5.56 Å². The second kappa shape index (κ2) is 9.42. The van der Waals surface area contributed by atoms with Crippen LogP contribution in [0.2, 0.25) is 5.02 Å². The number of H-pyrrole nitrogens is 1. The Kier molecular flexibility index (Phi) is 6.40. The van der Waals surface area contributed by atoms with Crippen LogP contribution in [-0.4, -0.2) is 33.9 Å². The van der Waals surface area contributed by atoms with E-state index in [9.17, 15) is 19.5 Å². The average molecular weight is 497 g/mol. The minimum Gasteiger partial charge on any atom is -0.493 e. The van der Waals surface area contributed by atoms with Crippen LogP contribution in [0.5, 0.6) is 11.5 Å². The lowest BCUT2D eigenvalue weighted by Crippen LogP contribution is -2.34. The van der Waals surface area contributed by atoms with Crippen molar-refractivity contribution in [3.8, 4) is 17.2 Å². The van der Waals surface area contributed by atoms with E-state index in [0.29, 0.717) is 27.2 Å². The Morgan fingerprint density at radius 3 is 2.65 bits per heavy atom. The summed E-state index contributed by atoms with van der Waals surface area (Å²) in [4.78, 5) is 37.1. The maximum absolute atomic E-state index is 13.0. The number of thiophene rings is 1. The molecular formula is C24H17ClN2O6S. The standard InChI is InChI=1S/C24H17ClN2O6S/c1-13-16(22(28)27(26-13)15-6-7-18(25)17(12-15)23(29)30)10-14-5-8-19(20(11-14)32-2)33-24(31)21-4-3-9-34-21/h3-12,26H,1H2,2H3,(H,29,30)/b16-10-. The first-order valence-corrected chi connectivity index (χ1v) is 11.0. The van der Waals surface area contributed by atoms with E-state index < -0.39 is 17.5 Å². The predicted octanol–water partition coefficient (Wildman–Crippen LogP) is 3.05. The number of carboxylic acid groups (broad SMARTS) is 1. The van der Waals surface area contributed by atoms with Crippen molar-refractivity contribution in [2.24, 2.45) is 0 Å². The zero-order valence-corrected chi connectivity index (χ0v) is 19.3. The molecule has 10 heteroatoms. The third-order valence-corrected chi connectivity index (χ3v) is 6.05. The molecule has 34 heavy (non-hydrogen) atoms. The molecule has 2 aromatic carbocycles. The molecule has 0 atom stereocenters. The first kappa shape index (κ1) is 23.1. The number of halogens is 1. The molecular weight excluding hydrogens is 480 g/mol. The van der Waals surface area contributed by atoms with Gasteiger partial charge in [-0.2, -0.15) is 0 Å². The highest BCUT2D eigenvalue weighted by Crippen LogP contribution is 2.29. The summed E-state index contributed by atoms with van der Waals surface area (Å²) < 4.78 is 12.0. The molecule has 0 aliphatic heterocycles. The number of hydrogen-bond donors (Lipinski definition) is 2. The first-order chi connectivity index (χ1) is 16.3. The first-order valence-electron chi connectivity index (χ1n) is 9.77. The molecule has 0 bridgehead atoms. The highest BCUT2D eigenvalue weighted by atomic mass is 35.5. The Labute approximate surface area is 201 Å². The summed E-state index contributed by atoms with van der Waals surface area (Å²) in [5, 5.41) is 14.6. The molecule has 0 saturated heterocycles. The summed E-state index contributed by atoms with van der Waals surface area (Å²) in [6, 6.07) is 12.5. The SMILES string of the molecule is C=c1[nH]n(-c2ccc(Cl)c(C(=O)O)c2)c(=O)/c1=C\c1ccc(OC(=O)c2cccs2)c(OC)c1. The van der Waals surface area contributed by atoms with Crippen LogP contribution in [0.4, 0.5) is 0 Å². The van der Waals surface area contributed by atoms with Crippen molar-refractivity contribution in [3.05, 3.63) is 95.9 Å². The van der Waals surface area contributed by atoms with Gasteiger partial charge in [0.1, 0.15) is 4.88 Å². The zero-order valence-electron chi connectivity index (χ0n) is 17.7. The van der Waals surface area contributed by atoms with Crippen molar-refractivity contribution in [1.29, 1.82) is 0 Å². The van der Waals surface area contributed by atoms with E-state index in [1.54, 1.807) is 41.8 Å². The van der Waals surface area contributed by atoms with Gasteiger partial charge < -0.3 is 14.6 Å². The number of aromatic amines is 1. The van der Waals surface area contributed by atoms with Crippen LogP contribution in [0.1, 0.15) is 25.6 Å². The van der Waals surface area contributed by atoms with Gasteiger partial charge >= 0.3 is 11.9 Å². The minimum atomic E-state index is -1.21. The van der Waals surface area contributed by atoms with Gasteiger partial charge in [-0.05, 0) is 53.4 Å². The van der Waals surface area contributed by atoms with Crippen LogP contribution < -0.4 is 25.6 Å². The summed E-state index contributed by atoms with van der Waals surface area (Å²) >= 11 is 7.19. The quantitative estimate of drug-likeness (QED) is 0.313. The van der Waals surface area contributed by atoms with E-state index in [4.69, 9.17) is 21.1 Å². The van der Waals surface area contributed by atoms with Gasteiger partial charge in [-0.1, -0.05) is 30.3 Å². The molecule has 0 amide bonds. The molecule has 0 aliphatic carbocycles. The molecule has 0 saturated carbocycles. The number of nitrogens with zero attached hydrogens (tertiary/aromatic N) is 1. The number of nitrogens with one attached hydrogen (secondary N) is 1. The Bertz CT molecular complexity index is 1570. The normalized spacial score (nSPS) is 11.4. The van der Waals surface area contributed by atoms with Gasteiger partial charge in [-0.3, -0.25) is 9.89 Å². The highest BCUT2D eigenvalue weighted by molar-refractivity contribution is 7.12. The number of esters is 1. The molecule has 0 spiro atoms. The second-order valence-corrected chi connectivity index (χ2v) is 8.39. The molecule has 4 rings (SSSR count). The Morgan fingerprint density at radius 2 is 1.97 bits per heavy atom. The van der Waals surface area contributed by atoms with Crippen molar-refractivity contribution >= 4 is 47.5 Å². The highest BCUT2D eigenvalue weighted by Gasteiger charge is 2.15. The number of carbonyl (C=O) groups excluding carboxylic acids is 1. The number of benzene rings is 2. The fraction of sp³-hybridized carbons (Fsp3) is 0.0417. The maximum atomic E-state index is 13.0. The van der Waals surface area contributed by atoms with Crippen molar-refractivity contribution < 1.29 is 24.2 Å². The van der Waals surface area contributed by atoms with Gasteiger partial charge in [0.15, 0.2) is 11.5 Å². The summed E-state index contributed by atoms with van der Waals surface area (Å²) in [5.74, 6) is -1.16. The number of aromatic carboxylic acids is 1. The largest absolute Gasteiger partial charge is 0.493 e. The number of carboxylic acids is 1. The van der Waals surface area contributed by atoms with Crippen molar-refractivity contribution in [1.82, 2.24) is 9.78 Å². The molecule has 172 valence electrons. The zero-order chi connectivity index (χ0) is 24.4. The number of carbonyl (C=O) groups is 2. The molecule has 2 heterocycles. The number of ether oxygens (including phenoxy) is 2. The molecule has 4 aromatic rings. The molecule has 2 aromatic heterocycles. The van der Waals surface area contributed by atoms with E-state index in [0.717, 1.165) is 0 Å². The second-order valence-electron chi connectivity index (χ2n) is 7.04. The van der Waals surface area contributed by atoms with Gasteiger partial charge in [0.2, 0.25) is 0 Å². The third-order valence-electron chi connectivity index (χ3n) is 4.87. The summed E-state index contributed by atoms with van der Waals surface area (Å²) in [6.45, 7) is 3.88. The fourth-order valence-electron chi connectivity index (χ4n) is 3.21.